The number of rotatable bonds is 7. The fourth-order valence-corrected chi connectivity index (χ4v) is 3.54. The molecule has 0 aliphatic heterocycles. The van der Waals surface area contributed by atoms with E-state index in [1.165, 1.54) is 7.05 Å². The molecule has 1 N–H and O–H groups in total. The molecule has 0 spiro atoms. The number of carbonyl (C=O) groups excluding carboxylic acids is 1. The Kier molecular flexibility index (Phi) is 6.68. The molecule has 0 saturated carbocycles. The first-order chi connectivity index (χ1) is 12.6. The molecule has 0 saturated heterocycles. The van der Waals surface area contributed by atoms with E-state index in [2.05, 4.69) is 15.0 Å². The van der Waals surface area contributed by atoms with E-state index in [0.717, 1.165) is 22.5 Å². The molecule has 0 radical (unpaired) electrons. The number of aryl methyl sites for hydroxylation is 1. The third kappa shape index (κ3) is 5.59. The van der Waals surface area contributed by atoms with Crippen LogP contribution in [-0.2, 0) is 14.8 Å². The van der Waals surface area contributed by atoms with Gasteiger partial charge < -0.3 is 10.1 Å². The van der Waals surface area contributed by atoms with Gasteiger partial charge in [-0.15, -0.1) is 0 Å². The van der Waals surface area contributed by atoms with E-state index in [9.17, 15) is 22.0 Å². The van der Waals surface area contributed by atoms with Gasteiger partial charge in [-0.1, -0.05) is 17.7 Å². The van der Waals surface area contributed by atoms with Crippen LogP contribution in [0.4, 0.5) is 14.6 Å². The minimum Gasteiger partial charge on any atom is -0.433 e. The molecule has 1 aromatic heterocycles. The Morgan fingerprint density at radius 3 is 2.63 bits per heavy atom. The summed E-state index contributed by atoms with van der Waals surface area (Å²) in [7, 11) is -2.87. The second-order valence-electron chi connectivity index (χ2n) is 5.44. The Labute approximate surface area is 160 Å². The van der Waals surface area contributed by atoms with Gasteiger partial charge in [0.25, 0.3) is 0 Å². The lowest BCUT2D eigenvalue weighted by Crippen LogP contribution is -2.35. The summed E-state index contributed by atoms with van der Waals surface area (Å²) >= 11 is 5.78. The first kappa shape index (κ1) is 21.0. The average molecular weight is 420 g/mol. The maximum absolute atomic E-state index is 12.5. The SMILES string of the molecule is Cc1cccc(NC(=O)CN(C)S(=O)(=O)c2ccc(OC(F)F)c(Cl)c2)n1. The van der Waals surface area contributed by atoms with Crippen molar-refractivity contribution in [2.24, 2.45) is 0 Å². The number of nitrogens with one attached hydrogen (secondary N) is 1. The number of hydrogen-bond donors (Lipinski definition) is 1. The van der Waals surface area contributed by atoms with Crippen molar-refractivity contribution in [2.45, 2.75) is 18.4 Å². The van der Waals surface area contributed by atoms with Crippen LogP contribution in [0.25, 0.3) is 0 Å². The molecule has 0 bridgehead atoms. The van der Waals surface area contributed by atoms with Gasteiger partial charge in [0.05, 0.1) is 16.5 Å². The van der Waals surface area contributed by atoms with Gasteiger partial charge in [-0.05, 0) is 37.3 Å². The summed E-state index contributed by atoms with van der Waals surface area (Å²) in [5.41, 5.74) is 0.689. The highest BCUT2D eigenvalue weighted by atomic mass is 35.5. The first-order valence-electron chi connectivity index (χ1n) is 7.54. The largest absolute Gasteiger partial charge is 0.433 e. The second kappa shape index (κ2) is 8.59. The Bertz CT molecular complexity index is 941. The topological polar surface area (TPSA) is 88.6 Å². The molecule has 1 aromatic carbocycles. The van der Waals surface area contributed by atoms with Crippen molar-refractivity contribution in [1.82, 2.24) is 9.29 Å². The van der Waals surface area contributed by atoms with E-state index in [0.29, 0.717) is 11.5 Å². The Hall–Kier alpha value is -2.30. The van der Waals surface area contributed by atoms with Gasteiger partial charge in [-0.2, -0.15) is 13.1 Å². The fraction of sp³-hybridized carbons (Fsp3) is 0.250. The molecule has 11 heteroatoms. The van der Waals surface area contributed by atoms with E-state index in [1.54, 1.807) is 25.1 Å². The normalized spacial score (nSPS) is 11.7. The van der Waals surface area contributed by atoms with Gasteiger partial charge in [-0.25, -0.2) is 13.4 Å². The van der Waals surface area contributed by atoms with Crippen LogP contribution in [0.1, 0.15) is 5.69 Å². The van der Waals surface area contributed by atoms with Crippen molar-refractivity contribution < 1.29 is 26.7 Å². The van der Waals surface area contributed by atoms with Crippen molar-refractivity contribution in [1.29, 1.82) is 0 Å². The molecule has 2 rings (SSSR count). The standard InChI is InChI=1S/C16H16ClF2N3O4S/c1-10-4-3-5-14(20-10)21-15(23)9-22(2)27(24,25)11-6-7-13(12(17)8-11)26-16(18)19/h3-8,16H,9H2,1-2H3,(H,20,21,23). The molecule has 0 aliphatic rings. The summed E-state index contributed by atoms with van der Waals surface area (Å²) in [5, 5.41) is 2.20. The van der Waals surface area contributed by atoms with Gasteiger partial charge in [-0.3, -0.25) is 4.79 Å². The summed E-state index contributed by atoms with van der Waals surface area (Å²) < 4.78 is 54.6. The number of ether oxygens (including phenoxy) is 1. The number of carbonyl (C=O) groups is 1. The van der Waals surface area contributed by atoms with Gasteiger partial charge in [0.1, 0.15) is 11.6 Å². The van der Waals surface area contributed by atoms with Gasteiger partial charge >= 0.3 is 6.61 Å². The number of halogens is 3. The van der Waals surface area contributed by atoms with Crippen LogP contribution in [0.15, 0.2) is 41.3 Å². The minimum absolute atomic E-state index is 0.266. The molecule has 0 unspecified atom stereocenters. The lowest BCUT2D eigenvalue weighted by Gasteiger charge is -2.17. The summed E-state index contributed by atoms with van der Waals surface area (Å²) in [4.78, 5) is 15.9. The van der Waals surface area contributed by atoms with Crippen LogP contribution >= 0.6 is 11.6 Å². The van der Waals surface area contributed by atoms with Gasteiger partial charge in [0, 0.05) is 12.7 Å². The predicted octanol–water partition coefficient (Wildman–Crippen LogP) is 2.90. The molecule has 146 valence electrons. The number of aromatic nitrogens is 1. The van der Waals surface area contributed by atoms with Gasteiger partial charge in [0.2, 0.25) is 15.9 Å². The summed E-state index contributed by atoms with van der Waals surface area (Å²) in [6.07, 6.45) is 0. The van der Waals surface area contributed by atoms with Crippen molar-refractivity contribution in [2.75, 3.05) is 18.9 Å². The highest BCUT2D eigenvalue weighted by Gasteiger charge is 2.24. The zero-order valence-corrected chi connectivity index (χ0v) is 15.9. The monoisotopic (exact) mass is 419 g/mol. The zero-order chi connectivity index (χ0) is 20.2. The zero-order valence-electron chi connectivity index (χ0n) is 14.3. The van der Waals surface area contributed by atoms with Crippen molar-refractivity contribution in [3.8, 4) is 5.75 Å². The highest BCUT2D eigenvalue weighted by molar-refractivity contribution is 7.89. The maximum atomic E-state index is 12.5. The van der Waals surface area contributed by atoms with Crippen molar-refractivity contribution in [3.63, 3.8) is 0 Å². The molecule has 0 atom stereocenters. The van der Waals surface area contributed by atoms with E-state index < -0.39 is 29.1 Å². The lowest BCUT2D eigenvalue weighted by atomic mass is 10.3. The second-order valence-corrected chi connectivity index (χ2v) is 7.90. The molecule has 1 heterocycles. The number of benzene rings is 1. The molecule has 0 aliphatic carbocycles. The average Bonchev–Trinajstić information content (AvgIpc) is 2.56. The molecule has 2 aromatic rings. The number of pyridine rings is 1. The maximum Gasteiger partial charge on any atom is 0.387 e. The predicted molar refractivity (Wildman–Crippen MR) is 95.5 cm³/mol. The highest BCUT2D eigenvalue weighted by Crippen LogP contribution is 2.29. The smallest absolute Gasteiger partial charge is 0.387 e. The number of alkyl halides is 2. The summed E-state index contributed by atoms with van der Waals surface area (Å²) in [6.45, 7) is -1.83. The number of amides is 1. The first-order valence-corrected chi connectivity index (χ1v) is 9.35. The van der Waals surface area contributed by atoms with Crippen LogP contribution in [0.3, 0.4) is 0 Å². The van der Waals surface area contributed by atoms with Crippen molar-refractivity contribution >= 4 is 33.3 Å². The molecule has 1 amide bonds. The molecule has 27 heavy (non-hydrogen) atoms. The van der Waals surface area contributed by atoms with E-state index in [-0.39, 0.29) is 15.7 Å². The molecular weight excluding hydrogens is 404 g/mol. The Balaban J connectivity index is 2.11. The third-order valence-electron chi connectivity index (χ3n) is 3.35. The number of sulfonamides is 1. The fourth-order valence-electron chi connectivity index (χ4n) is 2.10. The van der Waals surface area contributed by atoms with E-state index in [1.807, 2.05) is 0 Å². The van der Waals surface area contributed by atoms with Gasteiger partial charge in [0.15, 0.2) is 0 Å². The molecule has 7 nitrogen and oxygen atoms in total. The third-order valence-corrected chi connectivity index (χ3v) is 5.44. The van der Waals surface area contributed by atoms with Crippen LogP contribution < -0.4 is 10.1 Å². The van der Waals surface area contributed by atoms with E-state index in [4.69, 9.17) is 11.6 Å². The number of anilines is 1. The summed E-state index contributed by atoms with van der Waals surface area (Å²) in [6, 6.07) is 8.08. The van der Waals surface area contributed by atoms with Crippen LogP contribution in [0, 0.1) is 6.92 Å². The van der Waals surface area contributed by atoms with Crippen LogP contribution in [-0.4, -0.2) is 43.8 Å². The number of hydrogen-bond acceptors (Lipinski definition) is 5. The molecular formula is C16H16ClF2N3O4S. The number of likely N-dealkylation sites (N-methyl/N-ethyl adjacent to an activating group) is 1. The Morgan fingerprint density at radius 1 is 1.33 bits per heavy atom. The minimum atomic E-state index is -4.08. The number of nitrogens with zero attached hydrogens (tertiary/aromatic N) is 2. The van der Waals surface area contributed by atoms with Crippen LogP contribution in [0.5, 0.6) is 5.75 Å². The lowest BCUT2D eigenvalue weighted by molar-refractivity contribution is -0.116. The van der Waals surface area contributed by atoms with Crippen LogP contribution in [0.2, 0.25) is 5.02 Å². The Morgan fingerprint density at radius 2 is 2.04 bits per heavy atom. The molecule has 0 fully saturated rings. The summed E-state index contributed by atoms with van der Waals surface area (Å²) in [5.74, 6) is -0.651. The van der Waals surface area contributed by atoms with E-state index >= 15 is 0 Å². The quantitative estimate of drug-likeness (QED) is 0.745. The van der Waals surface area contributed by atoms with Crippen molar-refractivity contribution in [3.05, 3.63) is 47.1 Å².